The summed E-state index contributed by atoms with van der Waals surface area (Å²) in [5.41, 5.74) is 2.27. The van der Waals surface area contributed by atoms with E-state index in [9.17, 15) is 34.5 Å². The van der Waals surface area contributed by atoms with Crippen molar-refractivity contribution in [1.29, 1.82) is 0 Å². The molecule has 4 bridgehead atoms. The Morgan fingerprint density at radius 2 is 1.51 bits per heavy atom. The second-order valence-electron chi connectivity index (χ2n) is 14.0. The molecule has 53 heavy (non-hydrogen) atoms. The van der Waals surface area contributed by atoms with Gasteiger partial charge in [0.2, 0.25) is 23.6 Å². The van der Waals surface area contributed by atoms with E-state index in [4.69, 9.17) is 0 Å². The minimum atomic E-state index is -1.26. The molecule has 6 atom stereocenters. The van der Waals surface area contributed by atoms with Crippen LogP contribution in [0.2, 0.25) is 0 Å². The Morgan fingerprint density at radius 1 is 0.868 bits per heavy atom. The van der Waals surface area contributed by atoms with Gasteiger partial charge in [-0.2, -0.15) is 0 Å². The van der Waals surface area contributed by atoms with Crippen molar-refractivity contribution < 1.29 is 34.5 Å². The second kappa shape index (κ2) is 20.3. The molecule has 0 radical (unpaired) electrons. The van der Waals surface area contributed by atoms with Crippen LogP contribution >= 0.6 is 0 Å². The fourth-order valence-electron chi connectivity index (χ4n) is 7.01. The van der Waals surface area contributed by atoms with Crippen molar-refractivity contribution >= 4 is 23.6 Å². The van der Waals surface area contributed by atoms with Gasteiger partial charge in [0.25, 0.3) is 0 Å². The lowest BCUT2D eigenvalue weighted by Gasteiger charge is -2.30. The first-order chi connectivity index (χ1) is 25.5. The van der Waals surface area contributed by atoms with E-state index >= 15 is 0 Å². The smallest absolute Gasteiger partial charge is 0.246 e. The number of aromatic hydroxyl groups is 2. The molecule has 0 spiro atoms. The third kappa shape index (κ3) is 11.4. The number of fused-ring (bicyclic) bond motifs is 5. The Bertz CT molecular complexity index is 1560. The Labute approximate surface area is 312 Å². The third-order valence-electron chi connectivity index (χ3n) is 10.2. The molecule has 1 fully saturated rings. The molecule has 2 heterocycles. The molecule has 4 amide bonds. The quantitative estimate of drug-likeness (QED) is 0.105. The highest BCUT2D eigenvalue weighted by Crippen LogP contribution is 2.31. The first-order valence-electron chi connectivity index (χ1n) is 18.6. The van der Waals surface area contributed by atoms with Gasteiger partial charge in [0.05, 0.1) is 12.1 Å². The van der Waals surface area contributed by atoms with Crippen LogP contribution in [-0.2, 0) is 32.0 Å². The summed E-state index contributed by atoms with van der Waals surface area (Å²) in [5.74, 6) is -2.15. The number of hydrogen-bond donors (Lipinski definition) is 10. The minimum absolute atomic E-state index is 0.0106. The summed E-state index contributed by atoms with van der Waals surface area (Å²) in [6.45, 7) is 1.70. The Morgan fingerprint density at radius 3 is 2.13 bits per heavy atom. The molecule has 2 aromatic rings. The molecule has 0 aromatic heterocycles. The zero-order valence-corrected chi connectivity index (χ0v) is 31.3. The van der Waals surface area contributed by atoms with E-state index in [0.717, 1.165) is 25.8 Å². The van der Waals surface area contributed by atoms with E-state index in [2.05, 4.69) is 37.2 Å². The van der Waals surface area contributed by atoms with E-state index in [1.807, 2.05) is 14.1 Å². The second-order valence-corrected chi connectivity index (χ2v) is 14.0. The number of nitrogens with one attached hydrogen (secondary N) is 7. The number of benzene rings is 2. The summed E-state index contributed by atoms with van der Waals surface area (Å²) in [6.07, 6.45) is 2.66. The molecule has 292 valence electrons. The van der Waals surface area contributed by atoms with Gasteiger partial charge in [0, 0.05) is 38.4 Å². The molecule has 2 aliphatic heterocycles. The van der Waals surface area contributed by atoms with Crippen LogP contribution in [0, 0.1) is 0 Å². The molecular weight excluding hydrogens is 680 g/mol. The van der Waals surface area contributed by atoms with Crippen molar-refractivity contribution in [2.75, 3.05) is 54.4 Å². The number of carbonyl (C=O) groups is 4. The third-order valence-corrected chi connectivity index (χ3v) is 10.2. The van der Waals surface area contributed by atoms with E-state index in [1.54, 1.807) is 44.4 Å². The molecule has 2 aliphatic rings. The van der Waals surface area contributed by atoms with Gasteiger partial charge in [-0.25, -0.2) is 0 Å². The van der Waals surface area contributed by atoms with Crippen LogP contribution in [-0.4, -0.2) is 135 Å². The monoisotopic (exact) mass is 738 g/mol. The number of amides is 4. The molecule has 10 N–H and O–H groups in total. The van der Waals surface area contributed by atoms with Crippen molar-refractivity contribution in [1.82, 2.24) is 42.1 Å². The number of likely N-dealkylation sites (tertiary alicyclic amines) is 1. The molecule has 0 unspecified atom stereocenters. The number of unbranched alkanes of at least 4 members (excludes halogenated alkanes) is 1. The van der Waals surface area contributed by atoms with Gasteiger partial charge in [0.15, 0.2) is 0 Å². The predicted molar refractivity (Wildman–Crippen MR) is 202 cm³/mol. The van der Waals surface area contributed by atoms with E-state index < -0.39 is 53.9 Å². The summed E-state index contributed by atoms with van der Waals surface area (Å²) in [4.78, 5) is 57.1. The topological polar surface area (TPSA) is 216 Å². The number of aliphatic hydroxyl groups excluding tert-OH is 1. The van der Waals surface area contributed by atoms with Crippen molar-refractivity contribution in [2.45, 2.75) is 87.7 Å². The molecule has 1 saturated heterocycles. The van der Waals surface area contributed by atoms with Gasteiger partial charge in [-0.1, -0.05) is 18.6 Å². The minimum Gasteiger partial charge on any atom is -0.508 e. The van der Waals surface area contributed by atoms with Crippen molar-refractivity contribution in [2.24, 2.45) is 0 Å². The molecule has 0 aliphatic carbocycles. The number of nitrogens with zero attached hydrogens (tertiary/aromatic N) is 1. The van der Waals surface area contributed by atoms with Crippen LogP contribution in [0.4, 0.5) is 0 Å². The molecule has 15 nitrogen and oxygen atoms in total. The molecular formula is C38H58N8O7. The lowest BCUT2D eigenvalue weighted by atomic mass is 9.95. The first kappa shape index (κ1) is 41.5. The van der Waals surface area contributed by atoms with Gasteiger partial charge in [-0.05, 0) is 113 Å². The fourth-order valence-corrected chi connectivity index (χ4v) is 7.01. The number of aliphatic hydroxyl groups is 1. The fraction of sp³-hybridized carbons (Fsp3) is 0.579. The van der Waals surface area contributed by atoms with E-state index in [-0.39, 0.29) is 49.8 Å². The maximum atomic E-state index is 14.5. The van der Waals surface area contributed by atoms with Gasteiger partial charge in [-0.15, -0.1) is 0 Å². The highest BCUT2D eigenvalue weighted by atomic mass is 16.3. The normalized spacial score (nSPS) is 22.7. The first-order valence-corrected chi connectivity index (χ1v) is 18.6. The molecule has 4 rings (SSSR count). The summed E-state index contributed by atoms with van der Waals surface area (Å²) in [5, 5.41) is 53.5. The lowest BCUT2D eigenvalue weighted by Crippen LogP contribution is -2.58. The number of hydrogen-bond acceptors (Lipinski definition) is 11. The van der Waals surface area contributed by atoms with Crippen LogP contribution in [0.25, 0.3) is 11.1 Å². The SMILES string of the molecule is CNCCCC[C@@H](CNC(=O)[C@@H]1C[C@@H](O)CN1C(=O)[C@@H]1Cc2cc(ccc2O)-c2ccc(O)c(c2)C[C@H](NC)C(=O)N[C@@H](CCCNC)C(=O)N1)NC. The predicted octanol–water partition coefficient (Wildman–Crippen LogP) is -0.524. The largest absolute Gasteiger partial charge is 0.508 e. The maximum absolute atomic E-state index is 14.5. The molecule has 2 aromatic carbocycles. The van der Waals surface area contributed by atoms with Crippen LogP contribution in [0.15, 0.2) is 36.4 Å². The standard InChI is InChI=1S/C38H58N8O7/c1-39-14-6-5-8-27(41-3)21-43-37(52)32-20-28(47)22-46(32)38(53)31-19-26-17-24(11-13-34(26)49)23-10-12-33(48)25(16-23)18-30(42-4)36(51)44-29(35(50)45-31)9-7-15-40-2/h10-13,16-17,27-32,39-42,47-49H,5-9,14-15,18-22H2,1-4H3,(H,43,52)(H,44,51)(H,45,50)/t27-,28+,29-,30-,31-,32-/m0/s1. The zero-order chi connectivity index (χ0) is 38.5. The zero-order valence-electron chi connectivity index (χ0n) is 31.3. The average molecular weight is 739 g/mol. The van der Waals surface area contributed by atoms with Crippen LogP contribution in [0.5, 0.6) is 11.5 Å². The number of phenols is 2. The Hall–Kier alpha value is -4.28. The van der Waals surface area contributed by atoms with Crippen molar-refractivity contribution in [3.63, 3.8) is 0 Å². The van der Waals surface area contributed by atoms with Crippen molar-refractivity contribution in [3.8, 4) is 22.6 Å². The van der Waals surface area contributed by atoms with Crippen molar-refractivity contribution in [3.05, 3.63) is 47.5 Å². The maximum Gasteiger partial charge on any atom is 0.246 e. The number of β-amino-alcohol motifs (C(OH)–C–C–N with tert-alkyl or cyclic N) is 1. The highest BCUT2D eigenvalue weighted by Gasteiger charge is 2.42. The number of rotatable bonds is 15. The van der Waals surface area contributed by atoms with E-state index in [1.165, 1.54) is 11.0 Å². The summed E-state index contributed by atoms with van der Waals surface area (Å²) >= 11 is 0. The Balaban J connectivity index is 1.68. The van der Waals surface area contributed by atoms with Gasteiger partial charge in [-0.3, -0.25) is 19.2 Å². The van der Waals surface area contributed by atoms with Crippen LogP contribution in [0.3, 0.4) is 0 Å². The van der Waals surface area contributed by atoms with Gasteiger partial charge in [0.1, 0.15) is 29.6 Å². The van der Waals surface area contributed by atoms with Crippen LogP contribution in [0.1, 0.15) is 49.7 Å². The number of phenolic OH excluding ortho intramolecular Hbond substituents is 2. The Kier molecular flexibility index (Phi) is 15.8. The van der Waals surface area contributed by atoms with Gasteiger partial charge >= 0.3 is 0 Å². The summed E-state index contributed by atoms with van der Waals surface area (Å²) < 4.78 is 0. The number of likely N-dealkylation sites (N-methyl/N-ethyl adjacent to an activating group) is 2. The number of carbonyl (C=O) groups excluding carboxylic acids is 4. The van der Waals surface area contributed by atoms with E-state index in [0.29, 0.717) is 41.8 Å². The molecule has 0 saturated carbocycles. The summed E-state index contributed by atoms with van der Waals surface area (Å²) in [7, 11) is 7.14. The lowest BCUT2D eigenvalue weighted by molar-refractivity contribution is -0.142. The molecule has 15 heteroatoms. The summed E-state index contributed by atoms with van der Waals surface area (Å²) in [6, 6.07) is 5.93. The average Bonchev–Trinajstić information content (AvgIpc) is 3.55. The van der Waals surface area contributed by atoms with Gasteiger partial charge < -0.3 is 57.4 Å². The highest BCUT2D eigenvalue weighted by molar-refractivity contribution is 5.95. The van der Waals surface area contributed by atoms with Crippen LogP contribution < -0.4 is 37.2 Å².